The van der Waals surface area contributed by atoms with Crippen LogP contribution < -0.4 is 5.32 Å². The molecule has 0 aliphatic heterocycles. The van der Waals surface area contributed by atoms with E-state index in [-0.39, 0.29) is 0 Å². The highest BCUT2D eigenvalue weighted by Gasteiger charge is 2.23. The van der Waals surface area contributed by atoms with Crippen molar-refractivity contribution in [2.45, 2.75) is 50.9 Å². The zero-order valence-corrected chi connectivity index (χ0v) is 11.3. The van der Waals surface area contributed by atoms with Crippen LogP contribution in [0.1, 0.15) is 55.1 Å². The maximum Gasteiger partial charge on any atom is 0.131 e. The standard InChI is InChI=1S/C15H23N3/c1-16-9-11-6-7-14-13(8-11)10-17-15(18-14)12-4-2-3-5-12/h10-12,16H,2-9H2,1H3. The molecule has 0 aromatic carbocycles. The molecule has 1 atom stereocenters. The van der Waals surface area contributed by atoms with Crippen molar-refractivity contribution in [3.05, 3.63) is 23.3 Å². The van der Waals surface area contributed by atoms with Crippen molar-refractivity contribution in [1.82, 2.24) is 15.3 Å². The van der Waals surface area contributed by atoms with Gasteiger partial charge in [0.15, 0.2) is 0 Å². The average Bonchev–Trinajstić information content (AvgIpc) is 2.92. The molecule has 0 bridgehead atoms. The van der Waals surface area contributed by atoms with Crippen LogP contribution in [-0.2, 0) is 12.8 Å². The Bertz CT molecular complexity index is 410. The maximum atomic E-state index is 4.86. The quantitative estimate of drug-likeness (QED) is 0.889. The molecule has 2 aliphatic rings. The predicted molar refractivity (Wildman–Crippen MR) is 72.7 cm³/mol. The number of nitrogens with one attached hydrogen (secondary N) is 1. The van der Waals surface area contributed by atoms with Gasteiger partial charge in [-0.3, -0.25) is 0 Å². The first-order valence-corrected chi connectivity index (χ1v) is 7.36. The molecule has 2 aliphatic carbocycles. The van der Waals surface area contributed by atoms with E-state index in [1.807, 2.05) is 7.05 Å². The van der Waals surface area contributed by atoms with E-state index >= 15 is 0 Å². The van der Waals surface area contributed by atoms with E-state index in [2.05, 4.69) is 16.5 Å². The summed E-state index contributed by atoms with van der Waals surface area (Å²) in [6, 6.07) is 0. The molecule has 1 aromatic rings. The van der Waals surface area contributed by atoms with Crippen molar-refractivity contribution in [2.75, 3.05) is 13.6 Å². The number of hydrogen-bond acceptors (Lipinski definition) is 3. The highest BCUT2D eigenvalue weighted by molar-refractivity contribution is 5.22. The van der Waals surface area contributed by atoms with Crippen LogP contribution in [0.4, 0.5) is 0 Å². The fraction of sp³-hybridized carbons (Fsp3) is 0.733. The lowest BCUT2D eigenvalue weighted by molar-refractivity contribution is 0.432. The third-order valence-electron chi connectivity index (χ3n) is 4.48. The van der Waals surface area contributed by atoms with Crippen molar-refractivity contribution in [3.63, 3.8) is 0 Å². The molecule has 1 saturated carbocycles. The van der Waals surface area contributed by atoms with Crippen LogP contribution in [-0.4, -0.2) is 23.6 Å². The van der Waals surface area contributed by atoms with Crippen molar-refractivity contribution < 1.29 is 0 Å². The van der Waals surface area contributed by atoms with Gasteiger partial charge < -0.3 is 5.32 Å². The molecule has 1 unspecified atom stereocenters. The first-order valence-electron chi connectivity index (χ1n) is 7.36. The first-order chi connectivity index (χ1) is 8.86. The van der Waals surface area contributed by atoms with Gasteiger partial charge in [0.05, 0.1) is 0 Å². The second-order valence-corrected chi connectivity index (χ2v) is 5.85. The molecule has 1 aromatic heterocycles. The van der Waals surface area contributed by atoms with E-state index in [1.165, 1.54) is 43.4 Å². The fourth-order valence-electron chi connectivity index (χ4n) is 3.44. The molecule has 1 fully saturated rings. The van der Waals surface area contributed by atoms with Crippen LogP contribution in [0.5, 0.6) is 0 Å². The van der Waals surface area contributed by atoms with Crippen LogP contribution in [0.25, 0.3) is 0 Å². The zero-order valence-electron chi connectivity index (χ0n) is 11.3. The van der Waals surface area contributed by atoms with Crippen molar-refractivity contribution in [2.24, 2.45) is 5.92 Å². The van der Waals surface area contributed by atoms with Gasteiger partial charge in [-0.2, -0.15) is 0 Å². The van der Waals surface area contributed by atoms with Crippen molar-refractivity contribution in [1.29, 1.82) is 0 Å². The van der Waals surface area contributed by atoms with Gasteiger partial charge in [-0.15, -0.1) is 0 Å². The number of fused-ring (bicyclic) bond motifs is 1. The van der Waals surface area contributed by atoms with Crippen molar-refractivity contribution >= 4 is 0 Å². The Morgan fingerprint density at radius 1 is 1.28 bits per heavy atom. The SMILES string of the molecule is CNCC1CCc2nc(C3CCCC3)ncc2C1. The number of rotatable bonds is 3. The summed E-state index contributed by atoms with van der Waals surface area (Å²) < 4.78 is 0. The summed E-state index contributed by atoms with van der Waals surface area (Å²) in [6.45, 7) is 1.11. The van der Waals surface area contributed by atoms with E-state index in [0.29, 0.717) is 5.92 Å². The summed E-state index contributed by atoms with van der Waals surface area (Å²) in [5.74, 6) is 2.53. The molecule has 3 nitrogen and oxygen atoms in total. The van der Waals surface area contributed by atoms with Crippen molar-refractivity contribution in [3.8, 4) is 0 Å². The third-order valence-corrected chi connectivity index (χ3v) is 4.48. The Morgan fingerprint density at radius 2 is 2.11 bits per heavy atom. The van der Waals surface area contributed by atoms with Gasteiger partial charge in [0.25, 0.3) is 0 Å². The van der Waals surface area contributed by atoms with Gasteiger partial charge in [-0.25, -0.2) is 9.97 Å². The second-order valence-electron chi connectivity index (χ2n) is 5.85. The summed E-state index contributed by atoms with van der Waals surface area (Å²) in [6.07, 6.45) is 11.0. The normalized spacial score (nSPS) is 24.2. The third kappa shape index (κ3) is 2.41. The predicted octanol–water partition coefficient (Wildman–Crippen LogP) is 2.46. The molecular formula is C15H23N3. The van der Waals surface area contributed by atoms with E-state index in [0.717, 1.165) is 31.1 Å². The van der Waals surface area contributed by atoms with E-state index < -0.39 is 0 Å². The summed E-state index contributed by atoms with van der Waals surface area (Å²) in [5, 5.41) is 3.28. The van der Waals surface area contributed by atoms with Gasteiger partial charge >= 0.3 is 0 Å². The Morgan fingerprint density at radius 3 is 2.89 bits per heavy atom. The molecule has 0 amide bonds. The number of aromatic nitrogens is 2. The Balaban J connectivity index is 1.76. The van der Waals surface area contributed by atoms with Gasteiger partial charge in [0.2, 0.25) is 0 Å². The summed E-state index contributed by atoms with van der Waals surface area (Å²) in [4.78, 5) is 9.50. The zero-order chi connectivity index (χ0) is 12.4. The highest BCUT2D eigenvalue weighted by Crippen LogP contribution is 2.33. The Hall–Kier alpha value is -0.960. The van der Waals surface area contributed by atoms with Crippen LogP contribution in [0.2, 0.25) is 0 Å². The van der Waals surface area contributed by atoms with E-state index in [1.54, 1.807) is 0 Å². The number of aryl methyl sites for hydroxylation is 1. The highest BCUT2D eigenvalue weighted by atomic mass is 14.9. The summed E-state index contributed by atoms with van der Waals surface area (Å²) in [5.41, 5.74) is 2.72. The largest absolute Gasteiger partial charge is 0.319 e. The maximum absolute atomic E-state index is 4.86. The minimum Gasteiger partial charge on any atom is -0.319 e. The summed E-state index contributed by atoms with van der Waals surface area (Å²) >= 11 is 0. The second kappa shape index (κ2) is 5.35. The lowest BCUT2D eigenvalue weighted by Gasteiger charge is -2.24. The smallest absolute Gasteiger partial charge is 0.131 e. The van der Waals surface area contributed by atoms with E-state index in [4.69, 9.17) is 4.98 Å². The summed E-state index contributed by atoms with van der Waals surface area (Å²) in [7, 11) is 2.04. The molecule has 0 radical (unpaired) electrons. The molecule has 1 heterocycles. The fourth-order valence-corrected chi connectivity index (χ4v) is 3.44. The van der Waals surface area contributed by atoms with Crippen LogP contribution in [0.15, 0.2) is 6.20 Å². The lowest BCUT2D eigenvalue weighted by atomic mass is 9.87. The van der Waals surface area contributed by atoms with Gasteiger partial charge in [-0.1, -0.05) is 12.8 Å². The number of nitrogens with zero attached hydrogens (tertiary/aromatic N) is 2. The first kappa shape index (κ1) is 12.1. The molecule has 3 rings (SSSR count). The molecule has 3 heteroatoms. The van der Waals surface area contributed by atoms with E-state index in [9.17, 15) is 0 Å². The van der Waals surface area contributed by atoms with Gasteiger partial charge in [0, 0.05) is 17.8 Å². The topological polar surface area (TPSA) is 37.8 Å². The minimum absolute atomic E-state index is 0.644. The van der Waals surface area contributed by atoms with Gasteiger partial charge in [0.1, 0.15) is 5.82 Å². The minimum atomic E-state index is 0.644. The Labute approximate surface area is 109 Å². The average molecular weight is 245 g/mol. The Kier molecular flexibility index (Phi) is 3.59. The molecular weight excluding hydrogens is 222 g/mol. The van der Waals surface area contributed by atoms with Gasteiger partial charge in [-0.05, 0) is 57.2 Å². The molecule has 1 N–H and O–H groups in total. The number of hydrogen-bond donors (Lipinski definition) is 1. The van der Waals surface area contributed by atoms with Crippen LogP contribution >= 0.6 is 0 Å². The lowest BCUT2D eigenvalue weighted by Crippen LogP contribution is -2.25. The van der Waals surface area contributed by atoms with Crippen LogP contribution in [0.3, 0.4) is 0 Å². The molecule has 0 saturated heterocycles. The van der Waals surface area contributed by atoms with Crippen LogP contribution in [0, 0.1) is 5.92 Å². The molecule has 98 valence electrons. The molecule has 18 heavy (non-hydrogen) atoms. The monoisotopic (exact) mass is 245 g/mol. The molecule has 0 spiro atoms.